The number of hydrogen-bond acceptors (Lipinski definition) is 4. The van der Waals surface area contributed by atoms with Crippen LogP contribution in [0, 0.1) is 11.3 Å². The first kappa shape index (κ1) is 21.4. The van der Waals surface area contributed by atoms with Crippen molar-refractivity contribution in [1.82, 2.24) is 0 Å². The SMILES string of the molecule is COc1ccc(NC(=O)/C(C#N)=C\Nc2ccc(Cl)c(C(F)(F)F)c2)cc1Cl. The molecule has 2 N–H and O–H groups in total. The summed E-state index contributed by atoms with van der Waals surface area (Å²) >= 11 is 11.5. The quantitative estimate of drug-likeness (QED) is 0.487. The molecule has 0 saturated carbocycles. The zero-order valence-electron chi connectivity index (χ0n) is 14.2. The number of carbonyl (C=O) groups is 1. The number of halogens is 5. The Kier molecular flexibility index (Phi) is 6.78. The summed E-state index contributed by atoms with van der Waals surface area (Å²) in [6.45, 7) is 0. The Balaban J connectivity index is 2.17. The molecule has 2 aromatic carbocycles. The monoisotopic (exact) mass is 429 g/mol. The van der Waals surface area contributed by atoms with Gasteiger partial charge in [0.05, 0.1) is 22.7 Å². The normalized spacial score (nSPS) is 11.5. The number of methoxy groups -OCH3 is 1. The molecule has 2 rings (SSSR count). The molecule has 0 spiro atoms. The summed E-state index contributed by atoms with van der Waals surface area (Å²) in [6.07, 6.45) is -3.65. The summed E-state index contributed by atoms with van der Waals surface area (Å²) in [5.41, 5.74) is -1.09. The summed E-state index contributed by atoms with van der Waals surface area (Å²) in [5, 5.41) is 13.9. The summed E-state index contributed by atoms with van der Waals surface area (Å²) in [5.74, 6) is -0.373. The number of rotatable bonds is 5. The Bertz CT molecular complexity index is 970. The highest BCUT2D eigenvalue weighted by Crippen LogP contribution is 2.36. The molecule has 0 aliphatic carbocycles. The van der Waals surface area contributed by atoms with E-state index in [1.165, 1.54) is 31.4 Å². The maximum absolute atomic E-state index is 12.9. The van der Waals surface area contributed by atoms with Crippen LogP contribution in [0.4, 0.5) is 24.5 Å². The number of hydrogen-bond donors (Lipinski definition) is 2. The first-order valence-corrected chi connectivity index (χ1v) is 8.29. The Morgan fingerprint density at radius 2 is 1.82 bits per heavy atom. The number of anilines is 2. The molecule has 10 heteroatoms. The van der Waals surface area contributed by atoms with Gasteiger partial charge < -0.3 is 15.4 Å². The topological polar surface area (TPSA) is 74.1 Å². The van der Waals surface area contributed by atoms with Crippen LogP contribution < -0.4 is 15.4 Å². The van der Waals surface area contributed by atoms with E-state index < -0.39 is 22.7 Å². The van der Waals surface area contributed by atoms with Crippen molar-refractivity contribution in [2.45, 2.75) is 6.18 Å². The van der Waals surface area contributed by atoms with E-state index in [9.17, 15) is 18.0 Å². The smallest absolute Gasteiger partial charge is 0.417 e. The van der Waals surface area contributed by atoms with Crippen molar-refractivity contribution in [3.05, 3.63) is 63.8 Å². The van der Waals surface area contributed by atoms with Gasteiger partial charge in [-0.15, -0.1) is 0 Å². The van der Waals surface area contributed by atoms with Crippen LogP contribution in [0.2, 0.25) is 10.0 Å². The number of benzene rings is 2. The van der Waals surface area contributed by atoms with Crippen molar-refractivity contribution in [3.63, 3.8) is 0 Å². The van der Waals surface area contributed by atoms with Crippen molar-refractivity contribution in [2.24, 2.45) is 0 Å². The third-order valence-electron chi connectivity index (χ3n) is 3.43. The molecule has 0 bridgehead atoms. The Morgan fingerprint density at radius 3 is 2.39 bits per heavy atom. The van der Waals surface area contributed by atoms with Gasteiger partial charge in [0.2, 0.25) is 0 Å². The molecule has 28 heavy (non-hydrogen) atoms. The zero-order chi connectivity index (χ0) is 20.9. The van der Waals surface area contributed by atoms with Gasteiger partial charge >= 0.3 is 6.18 Å². The Morgan fingerprint density at radius 1 is 1.14 bits per heavy atom. The fraction of sp³-hybridized carbons (Fsp3) is 0.111. The number of nitrogens with one attached hydrogen (secondary N) is 2. The lowest BCUT2D eigenvalue weighted by molar-refractivity contribution is -0.137. The predicted molar refractivity (Wildman–Crippen MR) is 100 cm³/mol. The summed E-state index contributed by atoms with van der Waals surface area (Å²) in [6, 6.07) is 9.25. The molecule has 2 aromatic rings. The molecule has 0 fully saturated rings. The Hall–Kier alpha value is -2.89. The highest BCUT2D eigenvalue weighted by atomic mass is 35.5. The third-order valence-corrected chi connectivity index (χ3v) is 4.05. The third kappa shape index (κ3) is 5.31. The van der Waals surface area contributed by atoms with Crippen molar-refractivity contribution in [1.29, 1.82) is 5.26 Å². The summed E-state index contributed by atoms with van der Waals surface area (Å²) < 4.78 is 43.7. The molecular formula is C18H12Cl2F3N3O2. The summed E-state index contributed by atoms with van der Waals surface area (Å²) in [4.78, 5) is 12.2. The summed E-state index contributed by atoms with van der Waals surface area (Å²) in [7, 11) is 1.43. The van der Waals surface area contributed by atoms with Gasteiger partial charge in [0, 0.05) is 17.6 Å². The predicted octanol–water partition coefficient (Wildman–Crippen LogP) is 5.48. The number of amides is 1. The molecule has 0 aliphatic rings. The van der Waals surface area contributed by atoms with Crippen LogP contribution in [0.5, 0.6) is 5.75 Å². The number of nitriles is 1. The van der Waals surface area contributed by atoms with Crippen LogP contribution in [0.1, 0.15) is 5.56 Å². The average molecular weight is 430 g/mol. The standard InChI is InChI=1S/C18H12Cl2F3N3O2/c1-28-16-5-3-12(7-15(16)20)26-17(27)10(8-24)9-25-11-2-4-14(19)13(6-11)18(21,22)23/h2-7,9,25H,1H3,(H,26,27)/b10-9-. The molecular weight excluding hydrogens is 418 g/mol. The molecule has 1 amide bonds. The molecule has 146 valence electrons. The van der Waals surface area contributed by atoms with Gasteiger partial charge in [-0.25, -0.2) is 0 Å². The average Bonchev–Trinajstić information content (AvgIpc) is 2.62. The van der Waals surface area contributed by atoms with Crippen molar-refractivity contribution in [2.75, 3.05) is 17.7 Å². The zero-order valence-corrected chi connectivity index (χ0v) is 15.7. The van der Waals surface area contributed by atoms with Crippen molar-refractivity contribution < 1.29 is 22.7 Å². The molecule has 0 heterocycles. The van der Waals surface area contributed by atoms with E-state index >= 15 is 0 Å². The van der Waals surface area contributed by atoms with Crippen molar-refractivity contribution in [3.8, 4) is 11.8 Å². The van der Waals surface area contributed by atoms with Crippen LogP contribution in [0.25, 0.3) is 0 Å². The number of alkyl halides is 3. The molecule has 0 aromatic heterocycles. The lowest BCUT2D eigenvalue weighted by atomic mass is 10.2. The minimum absolute atomic E-state index is 0.00441. The van der Waals surface area contributed by atoms with Gasteiger partial charge in [0.15, 0.2) is 0 Å². The highest BCUT2D eigenvalue weighted by Gasteiger charge is 2.33. The first-order valence-electron chi connectivity index (χ1n) is 7.54. The van der Waals surface area contributed by atoms with E-state index in [1.54, 1.807) is 6.07 Å². The van der Waals surface area contributed by atoms with Crippen LogP contribution in [-0.4, -0.2) is 13.0 Å². The van der Waals surface area contributed by atoms with Crippen molar-refractivity contribution >= 4 is 40.5 Å². The van der Waals surface area contributed by atoms with E-state index in [4.69, 9.17) is 33.2 Å². The van der Waals surface area contributed by atoms with Crippen LogP contribution in [0.15, 0.2) is 48.2 Å². The largest absolute Gasteiger partial charge is 0.495 e. The van der Waals surface area contributed by atoms with Gasteiger partial charge in [0.1, 0.15) is 17.4 Å². The molecule has 5 nitrogen and oxygen atoms in total. The maximum Gasteiger partial charge on any atom is 0.417 e. The second kappa shape index (κ2) is 8.87. The molecule has 0 aliphatic heterocycles. The van der Waals surface area contributed by atoms with E-state index in [0.717, 1.165) is 18.3 Å². The van der Waals surface area contributed by atoms with Gasteiger partial charge in [-0.05, 0) is 36.4 Å². The highest BCUT2D eigenvalue weighted by molar-refractivity contribution is 6.32. The molecule has 0 radical (unpaired) electrons. The van der Waals surface area contributed by atoms with E-state index in [-0.39, 0.29) is 16.3 Å². The minimum Gasteiger partial charge on any atom is -0.495 e. The lowest BCUT2D eigenvalue weighted by Gasteiger charge is -2.11. The molecule has 0 saturated heterocycles. The fourth-order valence-electron chi connectivity index (χ4n) is 2.08. The van der Waals surface area contributed by atoms with Crippen LogP contribution in [-0.2, 0) is 11.0 Å². The van der Waals surface area contributed by atoms with Gasteiger partial charge in [-0.3, -0.25) is 4.79 Å². The first-order chi connectivity index (χ1) is 13.2. The molecule has 0 atom stereocenters. The fourth-order valence-corrected chi connectivity index (χ4v) is 2.56. The van der Waals surface area contributed by atoms with Gasteiger partial charge in [0.25, 0.3) is 5.91 Å². The number of carbonyl (C=O) groups excluding carboxylic acids is 1. The van der Waals surface area contributed by atoms with E-state index in [0.29, 0.717) is 11.4 Å². The van der Waals surface area contributed by atoms with Crippen LogP contribution in [0.3, 0.4) is 0 Å². The second-order valence-corrected chi connectivity index (χ2v) is 6.12. The molecule has 0 unspecified atom stereocenters. The van der Waals surface area contributed by atoms with Gasteiger partial charge in [-0.2, -0.15) is 18.4 Å². The van der Waals surface area contributed by atoms with E-state index in [2.05, 4.69) is 10.6 Å². The minimum atomic E-state index is -4.64. The Labute approximate surface area is 168 Å². The van der Waals surface area contributed by atoms with Gasteiger partial charge in [-0.1, -0.05) is 23.2 Å². The number of nitrogens with zero attached hydrogens (tertiary/aromatic N) is 1. The lowest BCUT2D eigenvalue weighted by Crippen LogP contribution is -2.14. The maximum atomic E-state index is 12.9. The van der Waals surface area contributed by atoms with E-state index in [1.807, 2.05) is 0 Å². The second-order valence-electron chi connectivity index (χ2n) is 5.31. The van der Waals surface area contributed by atoms with Crippen LogP contribution >= 0.6 is 23.2 Å². The number of ether oxygens (including phenoxy) is 1.